The van der Waals surface area contributed by atoms with E-state index in [0.29, 0.717) is 32.4 Å². The largest absolute Gasteiger partial charge is 0.394 e. The summed E-state index contributed by atoms with van der Waals surface area (Å²) in [5.74, 6) is -0.288. The molecule has 0 bridgehead atoms. The molecule has 8 heteroatoms. The number of aliphatic hydroxyl groups is 3. The zero-order valence-corrected chi connectivity index (χ0v) is 17.5. The molecule has 160 valence electrons. The van der Waals surface area contributed by atoms with Gasteiger partial charge in [-0.15, -0.1) is 0 Å². The van der Waals surface area contributed by atoms with Gasteiger partial charge in [-0.1, -0.05) is 20.8 Å². The summed E-state index contributed by atoms with van der Waals surface area (Å²) in [6.07, 6.45) is 2.30. The van der Waals surface area contributed by atoms with E-state index in [1.807, 2.05) is 20.8 Å². The standard InChI is InChI=1S/C19H38N2O6/c1-6-18(4,5)27-11-8-17(2,3)16(26)21(10-7-9-20-15-25)19(12-22,13-23)14-24/h15,22-24H,6-14H2,1-5H3,(H,20,25). The van der Waals surface area contributed by atoms with Gasteiger partial charge in [0.15, 0.2) is 0 Å². The lowest BCUT2D eigenvalue weighted by molar-refractivity contribution is -0.157. The first-order chi connectivity index (χ1) is 12.6. The fourth-order valence-electron chi connectivity index (χ4n) is 2.52. The quantitative estimate of drug-likeness (QED) is 0.236. The molecule has 0 fully saturated rings. The predicted molar refractivity (Wildman–Crippen MR) is 103 cm³/mol. The van der Waals surface area contributed by atoms with E-state index in [1.165, 1.54) is 4.90 Å². The Balaban J connectivity index is 5.30. The summed E-state index contributed by atoms with van der Waals surface area (Å²) in [5, 5.41) is 31.8. The van der Waals surface area contributed by atoms with E-state index in [9.17, 15) is 24.9 Å². The normalized spacial score (nSPS) is 12.7. The number of rotatable bonds is 15. The Hall–Kier alpha value is -1.22. The van der Waals surface area contributed by atoms with Crippen LogP contribution in [0.1, 0.15) is 53.9 Å². The number of carbonyl (C=O) groups is 2. The van der Waals surface area contributed by atoms with E-state index in [4.69, 9.17) is 4.74 Å². The Bertz CT molecular complexity index is 441. The Morgan fingerprint density at radius 1 is 1.11 bits per heavy atom. The third kappa shape index (κ3) is 7.73. The molecule has 0 aliphatic rings. The minimum absolute atomic E-state index is 0.187. The summed E-state index contributed by atoms with van der Waals surface area (Å²) < 4.78 is 5.85. The lowest BCUT2D eigenvalue weighted by Crippen LogP contribution is -2.62. The SMILES string of the molecule is CCC(C)(C)OCCC(C)(C)C(=O)N(CCCNC=O)C(CO)(CO)CO. The van der Waals surface area contributed by atoms with E-state index in [-0.39, 0.29) is 18.1 Å². The number of hydrogen-bond donors (Lipinski definition) is 4. The molecule has 0 aliphatic carbocycles. The highest BCUT2D eigenvalue weighted by atomic mass is 16.5. The van der Waals surface area contributed by atoms with Crippen molar-refractivity contribution in [2.45, 2.75) is 65.0 Å². The van der Waals surface area contributed by atoms with Gasteiger partial charge in [0.05, 0.1) is 25.4 Å². The first-order valence-electron chi connectivity index (χ1n) is 9.51. The Labute approximate surface area is 162 Å². The van der Waals surface area contributed by atoms with E-state index in [1.54, 1.807) is 13.8 Å². The van der Waals surface area contributed by atoms with Gasteiger partial charge in [-0.3, -0.25) is 9.59 Å². The zero-order chi connectivity index (χ0) is 21.1. The molecule has 0 aliphatic heterocycles. The van der Waals surface area contributed by atoms with Gasteiger partial charge in [0.1, 0.15) is 5.54 Å². The molecule has 0 heterocycles. The fourth-order valence-corrected chi connectivity index (χ4v) is 2.52. The van der Waals surface area contributed by atoms with Crippen molar-refractivity contribution in [3.63, 3.8) is 0 Å². The molecule has 0 unspecified atom stereocenters. The molecule has 0 saturated heterocycles. The van der Waals surface area contributed by atoms with Crippen LogP contribution in [0.5, 0.6) is 0 Å². The second-order valence-corrected chi connectivity index (χ2v) is 8.18. The van der Waals surface area contributed by atoms with Crippen LogP contribution in [0.4, 0.5) is 0 Å². The van der Waals surface area contributed by atoms with Crippen LogP contribution < -0.4 is 5.32 Å². The molecule has 0 aromatic carbocycles. The predicted octanol–water partition coefficient (Wildman–Crippen LogP) is 0.288. The van der Waals surface area contributed by atoms with Crippen molar-refractivity contribution in [1.82, 2.24) is 10.2 Å². The van der Waals surface area contributed by atoms with Crippen LogP contribution in [0.3, 0.4) is 0 Å². The Morgan fingerprint density at radius 2 is 1.67 bits per heavy atom. The molecular formula is C19H38N2O6. The van der Waals surface area contributed by atoms with Gasteiger partial charge >= 0.3 is 0 Å². The Kier molecular flexibility index (Phi) is 11.1. The summed E-state index contributed by atoms with van der Waals surface area (Å²) in [6, 6.07) is 0. The minimum Gasteiger partial charge on any atom is -0.394 e. The van der Waals surface area contributed by atoms with Crippen molar-refractivity contribution in [2.75, 3.05) is 39.5 Å². The molecule has 0 rings (SSSR count). The van der Waals surface area contributed by atoms with Crippen LogP contribution in [-0.2, 0) is 14.3 Å². The highest BCUT2D eigenvalue weighted by Crippen LogP contribution is 2.29. The molecule has 8 nitrogen and oxygen atoms in total. The Morgan fingerprint density at radius 3 is 2.11 bits per heavy atom. The topological polar surface area (TPSA) is 119 Å². The third-order valence-electron chi connectivity index (χ3n) is 5.14. The van der Waals surface area contributed by atoms with Crippen molar-refractivity contribution in [1.29, 1.82) is 0 Å². The number of nitrogens with one attached hydrogen (secondary N) is 1. The molecule has 0 spiro atoms. The average molecular weight is 391 g/mol. The second-order valence-electron chi connectivity index (χ2n) is 8.18. The van der Waals surface area contributed by atoms with Crippen molar-refractivity contribution < 1.29 is 29.6 Å². The molecule has 0 aromatic heterocycles. The van der Waals surface area contributed by atoms with Crippen molar-refractivity contribution in [2.24, 2.45) is 5.41 Å². The maximum atomic E-state index is 13.2. The van der Waals surface area contributed by atoms with Gasteiger partial charge in [-0.2, -0.15) is 0 Å². The minimum atomic E-state index is -1.46. The zero-order valence-electron chi connectivity index (χ0n) is 17.5. The fraction of sp³-hybridized carbons (Fsp3) is 0.895. The van der Waals surface area contributed by atoms with Gasteiger partial charge in [-0.25, -0.2) is 0 Å². The molecule has 0 aromatic rings. The molecule has 2 amide bonds. The van der Waals surface area contributed by atoms with Crippen LogP contribution >= 0.6 is 0 Å². The van der Waals surface area contributed by atoms with E-state index >= 15 is 0 Å². The highest BCUT2D eigenvalue weighted by molar-refractivity contribution is 5.82. The first kappa shape index (κ1) is 25.8. The molecular weight excluding hydrogens is 352 g/mol. The van der Waals surface area contributed by atoms with Gasteiger partial charge in [-0.05, 0) is 33.1 Å². The maximum absolute atomic E-state index is 13.2. The van der Waals surface area contributed by atoms with Crippen LogP contribution in [0.25, 0.3) is 0 Å². The average Bonchev–Trinajstić information content (AvgIpc) is 2.64. The van der Waals surface area contributed by atoms with Crippen LogP contribution in [-0.4, -0.2) is 83.2 Å². The number of carbonyl (C=O) groups excluding carboxylic acids is 2. The van der Waals surface area contributed by atoms with Gasteiger partial charge < -0.3 is 30.3 Å². The summed E-state index contributed by atoms with van der Waals surface area (Å²) in [4.78, 5) is 25.0. The molecule has 4 N–H and O–H groups in total. The van der Waals surface area contributed by atoms with Crippen molar-refractivity contribution in [3.8, 4) is 0 Å². The van der Waals surface area contributed by atoms with Gasteiger partial charge in [0.2, 0.25) is 12.3 Å². The van der Waals surface area contributed by atoms with Gasteiger partial charge in [0.25, 0.3) is 0 Å². The number of nitrogens with zero attached hydrogens (tertiary/aromatic N) is 1. The summed E-state index contributed by atoms with van der Waals surface area (Å²) in [6.45, 7) is 8.80. The van der Waals surface area contributed by atoms with Crippen molar-refractivity contribution >= 4 is 12.3 Å². The number of hydrogen-bond acceptors (Lipinski definition) is 6. The monoisotopic (exact) mass is 390 g/mol. The number of aliphatic hydroxyl groups excluding tert-OH is 3. The second kappa shape index (κ2) is 11.6. The summed E-state index contributed by atoms with van der Waals surface area (Å²) in [7, 11) is 0. The van der Waals surface area contributed by atoms with Crippen LogP contribution in [0, 0.1) is 5.41 Å². The summed E-state index contributed by atoms with van der Waals surface area (Å²) in [5.41, 5.74) is -2.55. The lowest BCUT2D eigenvalue weighted by atomic mass is 9.85. The highest BCUT2D eigenvalue weighted by Gasteiger charge is 2.43. The van der Waals surface area contributed by atoms with Crippen molar-refractivity contribution in [3.05, 3.63) is 0 Å². The third-order valence-corrected chi connectivity index (χ3v) is 5.14. The molecule has 27 heavy (non-hydrogen) atoms. The van der Waals surface area contributed by atoms with Gasteiger partial charge in [0, 0.05) is 25.1 Å². The first-order valence-corrected chi connectivity index (χ1v) is 9.51. The smallest absolute Gasteiger partial charge is 0.229 e. The van der Waals surface area contributed by atoms with E-state index in [2.05, 4.69) is 5.32 Å². The molecule has 0 radical (unpaired) electrons. The maximum Gasteiger partial charge on any atom is 0.229 e. The number of ether oxygens (including phenoxy) is 1. The van der Waals surface area contributed by atoms with Crippen LogP contribution in [0.15, 0.2) is 0 Å². The van der Waals surface area contributed by atoms with E-state index < -0.39 is 30.8 Å². The number of amides is 2. The lowest BCUT2D eigenvalue weighted by Gasteiger charge is -2.44. The molecule has 0 saturated carbocycles. The summed E-state index contributed by atoms with van der Waals surface area (Å²) >= 11 is 0. The van der Waals surface area contributed by atoms with Crippen LogP contribution in [0.2, 0.25) is 0 Å². The van der Waals surface area contributed by atoms with E-state index in [0.717, 1.165) is 6.42 Å². The molecule has 0 atom stereocenters.